The van der Waals surface area contributed by atoms with Crippen molar-refractivity contribution in [3.05, 3.63) is 29.8 Å². The normalized spacial score (nSPS) is 12.5. The molecule has 1 aromatic carbocycles. The van der Waals surface area contributed by atoms with Gasteiger partial charge < -0.3 is 10.6 Å². The van der Waals surface area contributed by atoms with E-state index in [4.69, 9.17) is 5.73 Å². The molecule has 0 saturated carbocycles. The van der Waals surface area contributed by atoms with Crippen molar-refractivity contribution in [3.8, 4) is 0 Å². The molecule has 1 aromatic rings. The first-order valence-electron chi connectivity index (χ1n) is 5.69. The van der Waals surface area contributed by atoms with E-state index in [1.807, 2.05) is 0 Å². The molecule has 0 heterocycles. The Balaban J connectivity index is 2.69. The van der Waals surface area contributed by atoms with Crippen molar-refractivity contribution in [2.45, 2.75) is 20.8 Å². The summed E-state index contributed by atoms with van der Waals surface area (Å²) in [7, 11) is 0. The number of hydrogen-bond donors (Lipinski definition) is 1. The van der Waals surface area contributed by atoms with Crippen LogP contribution in [0.3, 0.4) is 0 Å². The topological polar surface area (TPSA) is 29.3 Å². The largest absolute Gasteiger partial charge is 0.371 e. The van der Waals surface area contributed by atoms with Gasteiger partial charge in [-0.15, -0.1) is 0 Å². The maximum absolute atomic E-state index is 5.65. The maximum Gasteiger partial charge on any atom is 0.0366 e. The van der Waals surface area contributed by atoms with Crippen LogP contribution < -0.4 is 10.6 Å². The van der Waals surface area contributed by atoms with E-state index >= 15 is 0 Å². The number of hydrogen-bond acceptors (Lipinski definition) is 2. The Morgan fingerprint density at radius 3 is 2.33 bits per heavy atom. The summed E-state index contributed by atoms with van der Waals surface area (Å²) in [6.07, 6.45) is 0. The van der Waals surface area contributed by atoms with E-state index in [2.05, 4.69) is 49.9 Å². The summed E-state index contributed by atoms with van der Waals surface area (Å²) in [5, 5.41) is 0. The molecule has 2 heteroatoms. The second kappa shape index (κ2) is 5.76. The van der Waals surface area contributed by atoms with E-state index in [0.717, 1.165) is 19.6 Å². The van der Waals surface area contributed by atoms with E-state index < -0.39 is 0 Å². The fourth-order valence-corrected chi connectivity index (χ4v) is 1.62. The number of anilines is 1. The number of nitrogens with two attached hydrogens (primary N) is 1. The van der Waals surface area contributed by atoms with Crippen molar-refractivity contribution < 1.29 is 0 Å². The Hall–Kier alpha value is -1.02. The molecule has 0 aliphatic carbocycles. The molecule has 2 nitrogen and oxygen atoms in total. The van der Waals surface area contributed by atoms with Gasteiger partial charge in [-0.2, -0.15) is 0 Å². The third kappa shape index (κ3) is 3.56. The zero-order valence-electron chi connectivity index (χ0n) is 10.0. The van der Waals surface area contributed by atoms with E-state index in [0.29, 0.717) is 5.92 Å². The molecule has 1 atom stereocenters. The highest BCUT2D eigenvalue weighted by Crippen LogP contribution is 2.15. The molecule has 15 heavy (non-hydrogen) atoms. The molecule has 0 aliphatic heterocycles. The Kier molecular flexibility index (Phi) is 4.63. The van der Waals surface area contributed by atoms with E-state index in [9.17, 15) is 0 Å². The molecule has 0 fully saturated rings. The van der Waals surface area contributed by atoms with Crippen molar-refractivity contribution in [3.63, 3.8) is 0 Å². The molecule has 0 aliphatic rings. The van der Waals surface area contributed by atoms with Crippen molar-refractivity contribution in [2.24, 2.45) is 11.7 Å². The van der Waals surface area contributed by atoms with Gasteiger partial charge in [0.2, 0.25) is 0 Å². The molecule has 0 radical (unpaired) electrons. The first-order valence-corrected chi connectivity index (χ1v) is 5.69. The third-order valence-corrected chi connectivity index (χ3v) is 2.72. The van der Waals surface area contributed by atoms with Gasteiger partial charge in [-0.3, -0.25) is 0 Å². The van der Waals surface area contributed by atoms with Crippen LogP contribution in [0, 0.1) is 12.8 Å². The average molecular weight is 206 g/mol. The first kappa shape index (κ1) is 12.1. The van der Waals surface area contributed by atoms with Crippen LogP contribution in [0.15, 0.2) is 24.3 Å². The van der Waals surface area contributed by atoms with Crippen LogP contribution in [0.1, 0.15) is 19.4 Å². The predicted molar refractivity (Wildman–Crippen MR) is 67.3 cm³/mol. The number of rotatable bonds is 5. The van der Waals surface area contributed by atoms with Crippen LogP contribution in [-0.2, 0) is 0 Å². The lowest BCUT2D eigenvalue weighted by Crippen LogP contribution is -2.31. The summed E-state index contributed by atoms with van der Waals surface area (Å²) < 4.78 is 0. The van der Waals surface area contributed by atoms with E-state index in [1.54, 1.807) is 0 Å². The summed E-state index contributed by atoms with van der Waals surface area (Å²) in [5.74, 6) is 0.547. The minimum absolute atomic E-state index is 0.547. The highest BCUT2D eigenvalue weighted by molar-refractivity contribution is 5.47. The minimum atomic E-state index is 0.547. The highest BCUT2D eigenvalue weighted by Gasteiger charge is 2.07. The van der Waals surface area contributed by atoms with Gasteiger partial charge in [-0.1, -0.05) is 24.6 Å². The fourth-order valence-electron chi connectivity index (χ4n) is 1.62. The first-order chi connectivity index (χ1) is 7.17. The molecular formula is C13H22N2. The van der Waals surface area contributed by atoms with Gasteiger partial charge in [0.15, 0.2) is 0 Å². The summed E-state index contributed by atoms with van der Waals surface area (Å²) in [6, 6.07) is 8.68. The number of aryl methyl sites for hydroxylation is 1. The second-order valence-corrected chi connectivity index (χ2v) is 4.22. The van der Waals surface area contributed by atoms with Gasteiger partial charge >= 0.3 is 0 Å². The van der Waals surface area contributed by atoms with Gasteiger partial charge in [0.05, 0.1) is 0 Å². The second-order valence-electron chi connectivity index (χ2n) is 4.22. The van der Waals surface area contributed by atoms with Gasteiger partial charge in [-0.05, 0) is 38.4 Å². The lowest BCUT2D eigenvalue weighted by molar-refractivity contribution is 0.576. The molecule has 0 bridgehead atoms. The Morgan fingerprint density at radius 2 is 1.87 bits per heavy atom. The lowest BCUT2D eigenvalue weighted by atomic mass is 10.1. The van der Waals surface area contributed by atoms with Crippen molar-refractivity contribution in [1.82, 2.24) is 0 Å². The lowest BCUT2D eigenvalue weighted by Gasteiger charge is -2.26. The number of nitrogens with zero attached hydrogens (tertiary/aromatic N) is 1. The molecule has 0 spiro atoms. The summed E-state index contributed by atoms with van der Waals surface area (Å²) in [6.45, 7) is 9.31. The highest BCUT2D eigenvalue weighted by atomic mass is 15.1. The molecule has 0 aromatic heterocycles. The average Bonchev–Trinajstić information content (AvgIpc) is 2.27. The fraction of sp³-hybridized carbons (Fsp3) is 0.538. The monoisotopic (exact) mass is 206 g/mol. The summed E-state index contributed by atoms with van der Waals surface area (Å²) in [5.41, 5.74) is 8.25. The van der Waals surface area contributed by atoms with Crippen LogP contribution in [0.4, 0.5) is 5.69 Å². The molecule has 0 amide bonds. The Morgan fingerprint density at radius 1 is 1.27 bits per heavy atom. The quantitative estimate of drug-likeness (QED) is 0.801. The molecule has 0 saturated heterocycles. The van der Waals surface area contributed by atoms with Gasteiger partial charge in [0.25, 0.3) is 0 Å². The Bertz CT molecular complexity index is 279. The number of benzene rings is 1. The van der Waals surface area contributed by atoms with Crippen LogP contribution in [0.5, 0.6) is 0 Å². The van der Waals surface area contributed by atoms with Gasteiger partial charge in [0, 0.05) is 18.8 Å². The minimum Gasteiger partial charge on any atom is -0.371 e. The van der Waals surface area contributed by atoms with Crippen LogP contribution >= 0.6 is 0 Å². The smallest absolute Gasteiger partial charge is 0.0366 e. The molecule has 1 rings (SSSR count). The molecular weight excluding hydrogens is 184 g/mol. The molecule has 84 valence electrons. The summed E-state index contributed by atoms with van der Waals surface area (Å²) in [4.78, 5) is 2.37. The zero-order valence-corrected chi connectivity index (χ0v) is 10.0. The van der Waals surface area contributed by atoms with Crippen LogP contribution in [0.2, 0.25) is 0 Å². The third-order valence-electron chi connectivity index (χ3n) is 2.72. The SMILES string of the molecule is CCN(CC(C)CN)c1ccc(C)cc1. The molecule has 2 N–H and O–H groups in total. The van der Waals surface area contributed by atoms with Crippen molar-refractivity contribution in [1.29, 1.82) is 0 Å². The van der Waals surface area contributed by atoms with Crippen molar-refractivity contribution in [2.75, 3.05) is 24.5 Å². The van der Waals surface area contributed by atoms with Gasteiger partial charge in [-0.25, -0.2) is 0 Å². The van der Waals surface area contributed by atoms with E-state index in [-0.39, 0.29) is 0 Å². The predicted octanol–water partition coefficient (Wildman–Crippen LogP) is 2.42. The summed E-state index contributed by atoms with van der Waals surface area (Å²) >= 11 is 0. The van der Waals surface area contributed by atoms with Crippen LogP contribution in [-0.4, -0.2) is 19.6 Å². The van der Waals surface area contributed by atoms with E-state index in [1.165, 1.54) is 11.3 Å². The van der Waals surface area contributed by atoms with Crippen molar-refractivity contribution >= 4 is 5.69 Å². The Labute approximate surface area is 93.1 Å². The molecule has 1 unspecified atom stereocenters. The maximum atomic E-state index is 5.65. The van der Waals surface area contributed by atoms with Crippen LogP contribution in [0.25, 0.3) is 0 Å². The standard InChI is InChI=1S/C13H22N2/c1-4-15(10-12(3)9-14)13-7-5-11(2)6-8-13/h5-8,12H,4,9-10,14H2,1-3H3. The van der Waals surface area contributed by atoms with Gasteiger partial charge in [0.1, 0.15) is 0 Å². The zero-order chi connectivity index (χ0) is 11.3.